The second-order valence-corrected chi connectivity index (χ2v) is 7.41. The van der Waals surface area contributed by atoms with Crippen molar-refractivity contribution in [3.63, 3.8) is 0 Å². The molecule has 1 atom stereocenters. The van der Waals surface area contributed by atoms with Crippen molar-refractivity contribution in [3.05, 3.63) is 0 Å². The number of hydrogen-bond donors (Lipinski definition) is 1. The Bertz CT molecular complexity index is 228. The molecule has 0 radical (unpaired) electrons. The minimum Gasteiger partial charge on any atom is -0.330 e. The van der Waals surface area contributed by atoms with Gasteiger partial charge in [0.25, 0.3) is 0 Å². The highest BCUT2D eigenvalue weighted by atomic mass is 14.6. The molecule has 2 N–H and O–H groups in total. The molecule has 20 heavy (non-hydrogen) atoms. The summed E-state index contributed by atoms with van der Waals surface area (Å²) in [6.07, 6.45) is 16.9. The van der Waals surface area contributed by atoms with E-state index in [9.17, 15) is 0 Å². The SMILES string of the molecule is CCCCC1CCC(CN)(CC(CC)CCCC)CC1. The van der Waals surface area contributed by atoms with Crippen LogP contribution in [0.4, 0.5) is 0 Å². The van der Waals surface area contributed by atoms with Gasteiger partial charge in [-0.25, -0.2) is 0 Å². The van der Waals surface area contributed by atoms with Crippen molar-refractivity contribution in [2.24, 2.45) is 23.0 Å². The lowest BCUT2D eigenvalue weighted by Gasteiger charge is -2.42. The molecule has 1 aliphatic carbocycles. The molecule has 0 saturated heterocycles. The number of rotatable bonds is 10. The number of hydrogen-bond acceptors (Lipinski definition) is 1. The van der Waals surface area contributed by atoms with Gasteiger partial charge in [0, 0.05) is 0 Å². The molecule has 1 rings (SSSR count). The molecule has 0 spiro atoms. The average Bonchev–Trinajstić information content (AvgIpc) is 2.50. The molecule has 1 heteroatoms. The molecular weight excluding hydrogens is 242 g/mol. The molecule has 1 fully saturated rings. The number of nitrogens with two attached hydrogens (primary N) is 1. The molecule has 120 valence electrons. The van der Waals surface area contributed by atoms with Gasteiger partial charge in [0.1, 0.15) is 0 Å². The van der Waals surface area contributed by atoms with Gasteiger partial charge in [-0.3, -0.25) is 0 Å². The second-order valence-electron chi connectivity index (χ2n) is 7.41. The highest BCUT2D eigenvalue weighted by molar-refractivity contribution is 4.88. The fraction of sp³-hybridized carbons (Fsp3) is 1.00. The molecular formula is C19H39N. The van der Waals surface area contributed by atoms with Crippen molar-refractivity contribution in [1.82, 2.24) is 0 Å². The van der Waals surface area contributed by atoms with Crippen LogP contribution in [0.2, 0.25) is 0 Å². The lowest BCUT2D eigenvalue weighted by Crippen LogP contribution is -2.36. The molecule has 1 nitrogen and oxygen atoms in total. The van der Waals surface area contributed by atoms with Gasteiger partial charge in [0.05, 0.1) is 0 Å². The highest BCUT2D eigenvalue weighted by Crippen LogP contribution is 2.45. The summed E-state index contributed by atoms with van der Waals surface area (Å²) in [4.78, 5) is 0. The monoisotopic (exact) mass is 281 g/mol. The Morgan fingerprint density at radius 2 is 1.70 bits per heavy atom. The zero-order valence-electron chi connectivity index (χ0n) is 14.4. The minimum atomic E-state index is 0.497. The summed E-state index contributed by atoms with van der Waals surface area (Å²) in [5, 5.41) is 0. The molecule has 0 aliphatic heterocycles. The Kier molecular flexibility index (Phi) is 8.84. The maximum Gasteiger partial charge on any atom is -0.00204 e. The summed E-state index contributed by atoms with van der Waals surface area (Å²) in [6.45, 7) is 7.92. The molecule has 1 unspecified atom stereocenters. The molecule has 0 amide bonds. The smallest absolute Gasteiger partial charge is 0.00204 e. The van der Waals surface area contributed by atoms with Gasteiger partial charge in [-0.2, -0.15) is 0 Å². The highest BCUT2D eigenvalue weighted by Gasteiger charge is 2.35. The Morgan fingerprint density at radius 1 is 1.05 bits per heavy atom. The van der Waals surface area contributed by atoms with Gasteiger partial charge in [0.2, 0.25) is 0 Å². The van der Waals surface area contributed by atoms with Crippen LogP contribution in [0.3, 0.4) is 0 Å². The lowest BCUT2D eigenvalue weighted by molar-refractivity contribution is 0.111. The van der Waals surface area contributed by atoms with Crippen LogP contribution in [0, 0.1) is 17.3 Å². The van der Waals surface area contributed by atoms with Crippen LogP contribution in [0.15, 0.2) is 0 Å². The van der Waals surface area contributed by atoms with Crippen LogP contribution < -0.4 is 5.73 Å². The largest absolute Gasteiger partial charge is 0.330 e. The minimum absolute atomic E-state index is 0.497. The molecule has 1 saturated carbocycles. The van der Waals surface area contributed by atoms with Gasteiger partial charge in [-0.15, -0.1) is 0 Å². The maximum absolute atomic E-state index is 6.22. The van der Waals surface area contributed by atoms with Crippen molar-refractivity contribution in [2.75, 3.05) is 6.54 Å². The van der Waals surface area contributed by atoms with E-state index in [4.69, 9.17) is 5.73 Å². The number of unbranched alkanes of at least 4 members (excludes halogenated alkanes) is 2. The third-order valence-electron chi connectivity index (χ3n) is 5.83. The van der Waals surface area contributed by atoms with Crippen molar-refractivity contribution in [3.8, 4) is 0 Å². The van der Waals surface area contributed by atoms with Gasteiger partial charge in [0.15, 0.2) is 0 Å². The molecule has 0 aromatic carbocycles. The van der Waals surface area contributed by atoms with E-state index in [1.54, 1.807) is 0 Å². The second kappa shape index (κ2) is 9.82. The summed E-state index contributed by atoms with van der Waals surface area (Å²) in [5.74, 6) is 1.93. The summed E-state index contributed by atoms with van der Waals surface area (Å²) < 4.78 is 0. The van der Waals surface area contributed by atoms with E-state index >= 15 is 0 Å². The summed E-state index contributed by atoms with van der Waals surface area (Å²) in [7, 11) is 0. The summed E-state index contributed by atoms with van der Waals surface area (Å²) in [6, 6.07) is 0. The quantitative estimate of drug-likeness (QED) is 0.528. The molecule has 0 aromatic rings. The van der Waals surface area contributed by atoms with E-state index in [0.29, 0.717) is 5.41 Å². The summed E-state index contributed by atoms with van der Waals surface area (Å²) in [5.41, 5.74) is 6.71. The predicted octanol–water partition coefficient (Wildman–Crippen LogP) is 5.92. The van der Waals surface area contributed by atoms with Crippen molar-refractivity contribution in [1.29, 1.82) is 0 Å². The normalized spacial score (nSPS) is 28.5. The topological polar surface area (TPSA) is 26.0 Å². The van der Waals surface area contributed by atoms with E-state index < -0.39 is 0 Å². The van der Waals surface area contributed by atoms with Crippen molar-refractivity contribution < 1.29 is 0 Å². The van der Waals surface area contributed by atoms with E-state index in [0.717, 1.165) is 18.4 Å². The maximum atomic E-state index is 6.22. The van der Waals surface area contributed by atoms with E-state index in [2.05, 4.69) is 20.8 Å². The fourth-order valence-corrected chi connectivity index (χ4v) is 4.12. The van der Waals surface area contributed by atoms with E-state index in [-0.39, 0.29) is 0 Å². The van der Waals surface area contributed by atoms with Gasteiger partial charge in [-0.05, 0) is 55.9 Å². The Morgan fingerprint density at radius 3 is 2.20 bits per heavy atom. The van der Waals surface area contributed by atoms with E-state index in [1.165, 1.54) is 77.0 Å². The average molecular weight is 282 g/mol. The Balaban J connectivity index is 2.44. The molecule has 0 bridgehead atoms. The van der Waals surface area contributed by atoms with Crippen LogP contribution in [0.5, 0.6) is 0 Å². The first-order chi connectivity index (χ1) is 9.69. The first-order valence-corrected chi connectivity index (χ1v) is 9.39. The predicted molar refractivity (Wildman–Crippen MR) is 90.9 cm³/mol. The standard InChI is InChI=1S/C19H39N/c1-4-7-9-17(6-3)15-19(16-20)13-11-18(12-14-19)10-8-5-2/h17-18H,4-16,20H2,1-3H3. The van der Waals surface area contributed by atoms with Crippen LogP contribution in [0.1, 0.15) is 97.8 Å². The van der Waals surface area contributed by atoms with Crippen molar-refractivity contribution in [2.45, 2.75) is 97.8 Å². The van der Waals surface area contributed by atoms with Gasteiger partial charge in [-0.1, -0.05) is 65.7 Å². The summed E-state index contributed by atoms with van der Waals surface area (Å²) >= 11 is 0. The molecule has 0 heterocycles. The lowest BCUT2D eigenvalue weighted by atomic mass is 9.65. The first-order valence-electron chi connectivity index (χ1n) is 9.39. The Labute approximate surface area is 128 Å². The third-order valence-corrected chi connectivity index (χ3v) is 5.83. The van der Waals surface area contributed by atoms with Gasteiger partial charge < -0.3 is 5.73 Å². The van der Waals surface area contributed by atoms with E-state index in [1.807, 2.05) is 0 Å². The first kappa shape index (κ1) is 18.0. The fourth-order valence-electron chi connectivity index (χ4n) is 4.12. The van der Waals surface area contributed by atoms with Crippen LogP contribution in [0.25, 0.3) is 0 Å². The van der Waals surface area contributed by atoms with Crippen LogP contribution in [-0.2, 0) is 0 Å². The molecule has 0 aromatic heterocycles. The van der Waals surface area contributed by atoms with Crippen molar-refractivity contribution >= 4 is 0 Å². The zero-order chi connectivity index (χ0) is 14.8. The molecule has 1 aliphatic rings. The third kappa shape index (κ3) is 5.76. The zero-order valence-corrected chi connectivity index (χ0v) is 14.4. The van der Waals surface area contributed by atoms with Gasteiger partial charge >= 0.3 is 0 Å². The van der Waals surface area contributed by atoms with Crippen LogP contribution in [-0.4, -0.2) is 6.54 Å². The Hall–Kier alpha value is -0.0400. The van der Waals surface area contributed by atoms with Crippen LogP contribution >= 0.6 is 0 Å².